The zero-order valence-electron chi connectivity index (χ0n) is 14.5. The third kappa shape index (κ3) is 3.93. The number of hydrogen-bond donors (Lipinski definition) is 4. The predicted octanol–water partition coefficient (Wildman–Crippen LogP) is 3.40. The highest BCUT2D eigenvalue weighted by Gasteiger charge is 2.21. The Bertz CT molecular complexity index is 837. The summed E-state index contributed by atoms with van der Waals surface area (Å²) in [5.74, 6) is -0.269. The number of amides is 2. The summed E-state index contributed by atoms with van der Waals surface area (Å²) in [5, 5.41) is 14.7. The quantitative estimate of drug-likeness (QED) is 0.586. The smallest absolute Gasteiger partial charge is 0.405 e. The topological polar surface area (TPSA) is 117 Å². The monoisotopic (exact) mass is 354 g/mol. The van der Waals surface area contributed by atoms with Gasteiger partial charge < -0.3 is 21.5 Å². The van der Waals surface area contributed by atoms with Crippen LogP contribution >= 0.6 is 0 Å². The number of benzene rings is 1. The number of carbonyl (C=O) groups excluding carboxylic acids is 1. The van der Waals surface area contributed by atoms with E-state index in [0.717, 1.165) is 11.1 Å². The third-order valence-electron chi connectivity index (χ3n) is 4.63. The summed E-state index contributed by atoms with van der Waals surface area (Å²) in [7, 11) is 0. The Morgan fingerprint density at radius 1 is 1.31 bits per heavy atom. The maximum atomic E-state index is 12.5. The Balaban J connectivity index is 2.10. The molecule has 0 radical (unpaired) electrons. The van der Waals surface area contributed by atoms with Gasteiger partial charge in [0.1, 0.15) is 0 Å². The van der Waals surface area contributed by atoms with Gasteiger partial charge in [0, 0.05) is 23.4 Å². The largest absolute Gasteiger partial charge is 0.465 e. The average Bonchev–Trinajstić information content (AvgIpc) is 2.60. The minimum absolute atomic E-state index is 0.0746. The molecule has 1 aromatic carbocycles. The fourth-order valence-corrected chi connectivity index (χ4v) is 3.18. The van der Waals surface area contributed by atoms with E-state index in [1.165, 1.54) is 0 Å². The molecule has 3 rings (SSSR count). The van der Waals surface area contributed by atoms with Crippen LogP contribution < -0.4 is 16.4 Å². The van der Waals surface area contributed by atoms with Gasteiger partial charge in [-0.25, -0.2) is 4.79 Å². The number of anilines is 2. The Hall–Kier alpha value is -3.09. The van der Waals surface area contributed by atoms with Crippen molar-refractivity contribution in [3.8, 4) is 11.1 Å². The van der Waals surface area contributed by atoms with Crippen LogP contribution in [-0.4, -0.2) is 22.1 Å². The normalized spacial score (nSPS) is 20.1. The molecule has 26 heavy (non-hydrogen) atoms. The predicted molar refractivity (Wildman–Crippen MR) is 99.6 cm³/mol. The van der Waals surface area contributed by atoms with Gasteiger partial charge in [0.25, 0.3) is 0 Å². The molecule has 2 aromatic rings. The molecule has 0 saturated carbocycles. The summed E-state index contributed by atoms with van der Waals surface area (Å²) in [6.07, 6.45) is 2.50. The molecule has 7 heteroatoms. The van der Waals surface area contributed by atoms with Crippen LogP contribution in [0.5, 0.6) is 0 Å². The fourth-order valence-electron chi connectivity index (χ4n) is 3.18. The van der Waals surface area contributed by atoms with E-state index in [-0.39, 0.29) is 11.8 Å². The van der Waals surface area contributed by atoms with E-state index in [1.54, 1.807) is 18.3 Å². The zero-order chi connectivity index (χ0) is 18.7. The maximum Gasteiger partial charge on any atom is 0.405 e. The number of nitrogen functional groups attached to an aromatic ring is 1. The molecule has 0 fully saturated rings. The first-order valence-corrected chi connectivity index (χ1v) is 8.60. The number of aromatic nitrogens is 1. The second-order valence-corrected chi connectivity index (χ2v) is 6.60. The molecule has 2 atom stereocenters. The molecule has 0 saturated heterocycles. The number of nitrogens with one attached hydrogen (secondary N) is 2. The molecule has 1 aliphatic heterocycles. The summed E-state index contributed by atoms with van der Waals surface area (Å²) in [4.78, 5) is 28.0. The molecule has 0 unspecified atom stereocenters. The molecule has 1 aromatic heterocycles. The van der Waals surface area contributed by atoms with Crippen molar-refractivity contribution in [2.24, 2.45) is 5.92 Å². The van der Waals surface area contributed by atoms with E-state index in [1.807, 2.05) is 25.1 Å². The van der Waals surface area contributed by atoms with E-state index >= 15 is 0 Å². The molecule has 7 nitrogen and oxygen atoms in total. The van der Waals surface area contributed by atoms with Crippen molar-refractivity contribution in [1.29, 1.82) is 0 Å². The molecule has 2 bridgehead atoms. The Morgan fingerprint density at radius 2 is 2.12 bits per heavy atom. The molecule has 5 N–H and O–H groups in total. The summed E-state index contributed by atoms with van der Waals surface area (Å²) >= 11 is 0. The first-order chi connectivity index (χ1) is 12.4. The number of pyridine rings is 1. The summed E-state index contributed by atoms with van der Waals surface area (Å²) in [6, 6.07) is 8.62. The number of rotatable bonds is 1. The van der Waals surface area contributed by atoms with Crippen molar-refractivity contribution in [2.45, 2.75) is 32.2 Å². The molecular weight excluding hydrogens is 332 g/mol. The first-order valence-electron chi connectivity index (χ1n) is 8.60. The Kier molecular flexibility index (Phi) is 5.06. The van der Waals surface area contributed by atoms with Crippen LogP contribution in [0.4, 0.5) is 16.2 Å². The fraction of sp³-hybridized carbons (Fsp3) is 0.316. The van der Waals surface area contributed by atoms with E-state index in [0.29, 0.717) is 36.3 Å². The number of nitrogens with two attached hydrogens (primary N) is 1. The SMILES string of the molecule is C[C@@H]1CCC[C@H](NC(=O)O)c2cc(ccn2)-c2ccc(N)cc2NC1=O. The molecule has 0 aliphatic carbocycles. The number of carbonyl (C=O) groups is 2. The molecule has 1 aliphatic rings. The second-order valence-electron chi connectivity index (χ2n) is 6.60. The van der Waals surface area contributed by atoms with Crippen molar-refractivity contribution in [3.63, 3.8) is 0 Å². The van der Waals surface area contributed by atoms with Crippen LogP contribution in [0.15, 0.2) is 36.5 Å². The number of fused-ring (bicyclic) bond motifs is 4. The van der Waals surface area contributed by atoms with E-state index in [4.69, 9.17) is 10.8 Å². The van der Waals surface area contributed by atoms with Crippen LogP contribution in [0.3, 0.4) is 0 Å². The molecule has 0 spiro atoms. The molecule has 136 valence electrons. The Labute approximate surface area is 151 Å². The average molecular weight is 354 g/mol. The van der Waals surface area contributed by atoms with Gasteiger partial charge in [-0.05, 0) is 42.7 Å². The summed E-state index contributed by atoms with van der Waals surface area (Å²) < 4.78 is 0. The van der Waals surface area contributed by atoms with Crippen LogP contribution in [0.2, 0.25) is 0 Å². The maximum absolute atomic E-state index is 12.5. The summed E-state index contributed by atoms with van der Waals surface area (Å²) in [5.41, 5.74) is 9.42. The van der Waals surface area contributed by atoms with Gasteiger partial charge in [0.2, 0.25) is 5.91 Å². The van der Waals surface area contributed by atoms with Gasteiger partial charge in [-0.2, -0.15) is 0 Å². The van der Waals surface area contributed by atoms with Gasteiger partial charge in [0.15, 0.2) is 0 Å². The van der Waals surface area contributed by atoms with Crippen LogP contribution in [0.1, 0.15) is 37.9 Å². The number of hydrogen-bond acceptors (Lipinski definition) is 4. The number of nitrogens with zero attached hydrogens (tertiary/aromatic N) is 1. The minimum Gasteiger partial charge on any atom is -0.465 e. The van der Waals surface area contributed by atoms with Gasteiger partial charge >= 0.3 is 6.09 Å². The van der Waals surface area contributed by atoms with E-state index < -0.39 is 12.1 Å². The first kappa shape index (κ1) is 17.7. The highest BCUT2D eigenvalue weighted by atomic mass is 16.4. The van der Waals surface area contributed by atoms with Gasteiger partial charge in [-0.3, -0.25) is 9.78 Å². The van der Waals surface area contributed by atoms with E-state index in [9.17, 15) is 9.59 Å². The van der Waals surface area contributed by atoms with Gasteiger partial charge in [0.05, 0.1) is 17.4 Å². The van der Waals surface area contributed by atoms with Gasteiger partial charge in [-0.1, -0.05) is 19.4 Å². The van der Waals surface area contributed by atoms with Crippen LogP contribution in [0.25, 0.3) is 11.1 Å². The van der Waals surface area contributed by atoms with Crippen LogP contribution in [0, 0.1) is 5.92 Å². The van der Waals surface area contributed by atoms with Crippen molar-refractivity contribution < 1.29 is 14.7 Å². The standard InChI is InChI=1S/C19H22N4O3/c1-11-3-2-4-15(23-19(25)26)17-9-12(7-8-21-17)14-6-5-13(20)10-16(14)22-18(11)24/h5-11,15,23H,2-4,20H2,1H3,(H,22,24)(H,25,26)/t11-,15+/m1/s1. The lowest BCUT2D eigenvalue weighted by molar-refractivity contribution is -0.119. The molecular formula is C19H22N4O3. The molecule has 2 amide bonds. The molecule has 2 heterocycles. The number of carboxylic acid groups (broad SMARTS) is 1. The van der Waals surface area contributed by atoms with Crippen LogP contribution in [-0.2, 0) is 4.79 Å². The lowest BCUT2D eigenvalue weighted by atomic mass is 9.95. The highest BCUT2D eigenvalue weighted by Crippen LogP contribution is 2.33. The lowest BCUT2D eigenvalue weighted by Crippen LogP contribution is -2.28. The highest BCUT2D eigenvalue weighted by molar-refractivity contribution is 5.97. The zero-order valence-corrected chi connectivity index (χ0v) is 14.5. The third-order valence-corrected chi connectivity index (χ3v) is 4.63. The van der Waals surface area contributed by atoms with E-state index in [2.05, 4.69) is 15.6 Å². The lowest BCUT2D eigenvalue weighted by Gasteiger charge is -2.21. The van der Waals surface area contributed by atoms with Gasteiger partial charge in [-0.15, -0.1) is 0 Å². The van der Waals surface area contributed by atoms with Crippen molar-refractivity contribution >= 4 is 23.4 Å². The van der Waals surface area contributed by atoms with Crippen molar-refractivity contribution in [2.75, 3.05) is 11.1 Å². The van der Waals surface area contributed by atoms with Crippen molar-refractivity contribution in [1.82, 2.24) is 10.3 Å². The second kappa shape index (κ2) is 7.43. The van der Waals surface area contributed by atoms with Crippen molar-refractivity contribution in [3.05, 3.63) is 42.2 Å². The summed E-state index contributed by atoms with van der Waals surface area (Å²) in [6.45, 7) is 1.87. The Morgan fingerprint density at radius 3 is 2.88 bits per heavy atom. The minimum atomic E-state index is -1.09.